The van der Waals surface area contributed by atoms with Crippen LogP contribution in [0.25, 0.3) is 0 Å². The largest absolute Gasteiger partial charge is 0.497 e. The summed E-state index contributed by atoms with van der Waals surface area (Å²) >= 11 is 0. The van der Waals surface area contributed by atoms with Crippen LogP contribution in [-0.2, 0) is 4.79 Å². The number of carbonyl (C=O) groups excluding carboxylic acids is 1. The van der Waals surface area contributed by atoms with Gasteiger partial charge >= 0.3 is 0 Å². The number of aromatic nitrogens is 3. The highest BCUT2D eigenvalue weighted by molar-refractivity contribution is 5.90. The number of aryl methyl sites for hydroxylation is 1. The van der Waals surface area contributed by atoms with Crippen LogP contribution in [0.3, 0.4) is 0 Å². The van der Waals surface area contributed by atoms with Crippen molar-refractivity contribution in [1.82, 2.24) is 14.8 Å². The van der Waals surface area contributed by atoms with E-state index >= 15 is 0 Å². The third-order valence-corrected chi connectivity index (χ3v) is 5.12. The number of rotatable bonds is 3. The van der Waals surface area contributed by atoms with Crippen LogP contribution in [0.1, 0.15) is 42.1 Å². The lowest BCUT2D eigenvalue weighted by Gasteiger charge is -2.38. The van der Waals surface area contributed by atoms with Gasteiger partial charge in [0, 0.05) is 6.92 Å². The Labute approximate surface area is 158 Å². The Morgan fingerprint density at radius 3 is 2.30 bits per heavy atom. The van der Waals surface area contributed by atoms with E-state index in [4.69, 9.17) is 4.74 Å². The Hall–Kier alpha value is -3.15. The highest BCUT2D eigenvalue weighted by Gasteiger charge is 2.38. The molecule has 1 aromatic heterocycles. The van der Waals surface area contributed by atoms with Gasteiger partial charge in [-0.15, -0.1) is 0 Å². The van der Waals surface area contributed by atoms with Gasteiger partial charge in [0.1, 0.15) is 12.1 Å². The number of fused-ring (bicyclic) bond motifs is 1. The van der Waals surface area contributed by atoms with E-state index in [-0.39, 0.29) is 18.0 Å². The molecule has 0 aliphatic carbocycles. The first-order valence-electron chi connectivity index (χ1n) is 8.98. The van der Waals surface area contributed by atoms with Gasteiger partial charge in [0.25, 0.3) is 0 Å². The van der Waals surface area contributed by atoms with Gasteiger partial charge in [0.05, 0.1) is 19.2 Å². The van der Waals surface area contributed by atoms with Crippen LogP contribution < -0.4 is 9.64 Å². The number of anilines is 1. The van der Waals surface area contributed by atoms with Crippen molar-refractivity contribution in [2.24, 2.45) is 0 Å². The number of carbonyl (C=O) groups is 1. The van der Waals surface area contributed by atoms with Crippen molar-refractivity contribution in [2.45, 2.75) is 32.4 Å². The number of nitrogens with zero attached hydrogens (tertiary/aromatic N) is 4. The van der Waals surface area contributed by atoms with Crippen LogP contribution in [0, 0.1) is 6.92 Å². The van der Waals surface area contributed by atoms with Crippen molar-refractivity contribution in [3.8, 4) is 5.75 Å². The lowest BCUT2D eigenvalue weighted by molar-refractivity contribution is -0.117. The smallest absolute Gasteiger partial charge is 0.231 e. The molecule has 6 nitrogen and oxygen atoms in total. The van der Waals surface area contributed by atoms with Gasteiger partial charge in [0.2, 0.25) is 11.9 Å². The van der Waals surface area contributed by atoms with E-state index in [0.29, 0.717) is 5.95 Å². The third-order valence-electron chi connectivity index (χ3n) is 5.12. The number of methoxy groups -OCH3 is 1. The molecule has 0 fully saturated rings. The van der Waals surface area contributed by atoms with Crippen LogP contribution >= 0.6 is 0 Å². The Balaban J connectivity index is 1.80. The average molecular weight is 362 g/mol. The minimum Gasteiger partial charge on any atom is -0.497 e. The van der Waals surface area contributed by atoms with E-state index in [2.05, 4.69) is 41.3 Å². The summed E-state index contributed by atoms with van der Waals surface area (Å²) in [5, 5.41) is 4.41. The molecule has 4 rings (SSSR count). The number of hydrogen-bond donors (Lipinski definition) is 0. The SMILES string of the molecule is COc1ccc([C@@H]2C[C@H](c3ccc(C)cc3)N(C(C)=O)c3ncnn32)cc1. The first-order valence-corrected chi connectivity index (χ1v) is 8.98. The molecule has 0 saturated heterocycles. The number of ether oxygens (including phenoxy) is 1. The van der Waals surface area contributed by atoms with Gasteiger partial charge in [0.15, 0.2) is 0 Å². The minimum atomic E-state index is -0.0908. The van der Waals surface area contributed by atoms with E-state index in [0.717, 1.165) is 23.3 Å². The molecule has 0 saturated carbocycles. The highest BCUT2D eigenvalue weighted by atomic mass is 16.5. The standard InChI is InChI=1S/C21H22N4O2/c1-14-4-6-16(7-5-14)19-12-20(17-8-10-18(27-3)11-9-17)25-21(22-13-23-25)24(19)15(2)26/h4-11,13,19-20H,12H2,1-3H3/t19-,20+/m1/s1. The van der Waals surface area contributed by atoms with Crippen LogP contribution in [-0.4, -0.2) is 27.8 Å². The third kappa shape index (κ3) is 3.07. The maximum atomic E-state index is 12.5. The molecule has 2 heterocycles. The summed E-state index contributed by atoms with van der Waals surface area (Å²) in [6.07, 6.45) is 2.24. The first kappa shape index (κ1) is 17.3. The number of amides is 1. The molecule has 138 valence electrons. The predicted octanol–water partition coefficient (Wildman–Crippen LogP) is 3.68. The molecule has 0 radical (unpaired) electrons. The van der Waals surface area contributed by atoms with Crippen molar-refractivity contribution >= 4 is 11.9 Å². The van der Waals surface area contributed by atoms with Crippen molar-refractivity contribution in [3.05, 3.63) is 71.5 Å². The van der Waals surface area contributed by atoms with Crippen molar-refractivity contribution < 1.29 is 9.53 Å². The second kappa shape index (κ2) is 6.87. The van der Waals surface area contributed by atoms with E-state index in [1.807, 2.05) is 28.9 Å². The molecule has 3 aromatic rings. The Morgan fingerprint density at radius 2 is 1.67 bits per heavy atom. The normalized spacial score (nSPS) is 18.9. The monoisotopic (exact) mass is 362 g/mol. The summed E-state index contributed by atoms with van der Waals surface area (Å²) in [5.41, 5.74) is 3.41. The van der Waals surface area contributed by atoms with E-state index < -0.39 is 0 Å². The summed E-state index contributed by atoms with van der Waals surface area (Å²) in [7, 11) is 1.66. The van der Waals surface area contributed by atoms with Crippen LogP contribution in [0.5, 0.6) is 5.75 Å². The number of hydrogen-bond acceptors (Lipinski definition) is 4. The topological polar surface area (TPSA) is 60.2 Å². The molecule has 6 heteroatoms. The Kier molecular flexibility index (Phi) is 4.39. The predicted molar refractivity (Wildman–Crippen MR) is 103 cm³/mol. The molecule has 1 aliphatic heterocycles. The second-order valence-corrected chi connectivity index (χ2v) is 6.84. The van der Waals surface area contributed by atoms with Crippen LogP contribution in [0.4, 0.5) is 5.95 Å². The zero-order valence-corrected chi connectivity index (χ0v) is 15.7. The zero-order valence-electron chi connectivity index (χ0n) is 15.7. The minimum absolute atomic E-state index is 0.00434. The van der Waals surface area contributed by atoms with E-state index in [9.17, 15) is 4.79 Å². The van der Waals surface area contributed by atoms with Gasteiger partial charge in [-0.3, -0.25) is 9.69 Å². The molecule has 27 heavy (non-hydrogen) atoms. The lowest BCUT2D eigenvalue weighted by atomic mass is 9.91. The van der Waals surface area contributed by atoms with Crippen molar-refractivity contribution in [2.75, 3.05) is 12.0 Å². The second-order valence-electron chi connectivity index (χ2n) is 6.84. The first-order chi connectivity index (χ1) is 13.1. The molecule has 0 N–H and O–H groups in total. The van der Waals surface area contributed by atoms with Gasteiger partial charge < -0.3 is 4.74 Å². The maximum Gasteiger partial charge on any atom is 0.231 e. The number of benzene rings is 2. The van der Waals surface area contributed by atoms with Crippen molar-refractivity contribution in [1.29, 1.82) is 0 Å². The van der Waals surface area contributed by atoms with Gasteiger partial charge in [-0.1, -0.05) is 42.0 Å². The summed E-state index contributed by atoms with van der Waals surface area (Å²) < 4.78 is 7.11. The molecule has 0 bridgehead atoms. The lowest BCUT2D eigenvalue weighted by Crippen LogP contribution is -2.41. The van der Waals surface area contributed by atoms with Crippen LogP contribution in [0.15, 0.2) is 54.9 Å². The summed E-state index contributed by atoms with van der Waals surface area (Å²) in [5.74, 6) is 1.36. The van der Waals surface area contributed by atoms with E-state index in [1.165, 1.54) is 11.9 Å². The van der Waals surface area contributed by atoms with Crippen LogP contribution in [0.2, 0.25) is 0 Å². The molecular formula is C21H22N4O2. The summed E-state index contributed by atoms with van der Waals surface area (Å²) in [6, 6.07) is 16.2. The molecular weight excluding hydrogens is 340 g/mol. The molecule has 0 unspecified atom stereocenters. The molecule has 2 aromatic carbocycles. The van der Waals surface area contributed by atoms with Gasteiger partial charge in [-0.25, -0.2) is 4.68 Å². The van der Waals surface area contributed by atoms with E-state index in [1.54, 1.807) is 18.9 Å². The summed E-state index contributed by atoms with van der Waals surface area (Å²) in [4.78, 5) is 18.6. The Morgan fingerprint density at radius 1 is 1.04 bits per heavy atom. The zero-order chi connectivity index (χ0) is 19.0. The van der Waals surface area contributed by atoms with Gasteiger partial charge in [-0.05, 0) is 36.6 Å². The Bertz CT molecular complexity index is 947. The molecule has 1 amide bonds. The highest BCUT2D eigenvalue weighted by Crippen LogP contribution is 2.41. The quantitative estimate of drug-likeness (QED) is 0.713. The fourth-order valence-electron chi connectivity index (χ4n) is 3.73. The summed E-state index contributed by atoms with van der Waals surface area (Å²) in [6.45, 7) is 3.64. The van der Waals surface area contributed by atoms with Crippen molar-refractivity contribution in [3.63, 3.8) is 0 Å². The molecule has 1 aliphatic rings. The fourth-order valence-corrected chi connectivity index (χ4v) is 3.73. The molecule has 2 atom stereocenters. The molecule has 0 spiro atoms. The van der Waals surface area contributed by atoms with Gasteiger partial charge in [-0.2, -0.15) is 10.1 Å². The maximum absolute atomic E-state index is 12.5. The average Bonchev–Trinajstić information content (AvgIpc) is 3.16. The fraction of sp³-hybridized carbons (Fsp3) is 0.286.